The first-order chi connectivity index (χ1) is 14.4. The van der Waals surface area contributed by atoms with Crippen molar-refractivity contribution >= 4 is 38.3 Å². The number of esters is 1. The second kappa shape index (κ2) is 12.4. The molecule has 1 aromatic carbocycles. The lowest BCUT2D eigenvalue weighted by molar-refractivity contribution is -0.145. The van der Waals surface area contributed by atoms with Gasteiger partial charge < -0.3 is 10.1 Å². The van der Waals surface area contributed by atoms with E-state index in [1.807, 2.05) is 0 Å². The minimum Gasteiger partial charge on any atom is -0.465 e. The largest absolute Gasteiger partial charge is 0.465 e. The quantitative estimate of drug-likeness (QED) is 0.165. The molecule has 0 radical (unpaired) electrons. The van der Waals surface area contributed by atoms with Crippen LogP contribution >= 0.6 is 11.9 Å². The molecule has 1 aliphatic heterocycles. The van der Waals surface area contributed by atoms with Gasteiger partial charge in [-0.3, -0.25) is 13.9 Å². The standard InChI is InChI=1S/C16H23N3O5S2.H2O4S/c1-2-24-15(20)14(12-16(25-19-21)8-10-17-11-9-16)18-26(22,23)13-6-4-3-5-7-13;1-5(2,3)4/h3-7,14,17-18H,2,8-12H2,1H3;(H2,1,2,3,4). The Labute approximate surface area is 185 Å². The number of benzene rings is 1. The highest BCUT2D eigenvalue weighted by molar-refractivity contribution is 7.99. The molecule has 1 fully saturated rings. The minimum absolute atomic E-state index is 0.0647. The third-order valence-electron chi connectivity index (χ3n) is 4.24. The van der Waals surface area contributed by atoms with Gasteiger partial charge in [0, 0.05) is 21.3 Å². The highest BCUT2D eigenvalue weighted by Crippen LogP contribution is 2.39. The van der Waals surface area contributed by atoms with Gasteiger partial charge in [0.05, 0.1) is 11.5 Å². The van der Waals surface area contributed by atoms with Crippen molar-refractivity contribution < 1.29 is 35.5 Å². The van der Waals surface area contributed by atoms with E-state index in [9.17, 15) is 18.1 Å². The van der Waals surface area contributed by atoms with Crippen molar-refractivity contribution in [3.05, 3.63) is 35.2 Å². The minimum atomic E-state index is -4.67. The van der Waals surface area contributed by atoms with E-state index in [0.29, 0.717) is 25.9 Å². The molecule has 1 aromatic rings. The van der Waals surface area contributed by atoms with Crippen molar-refractivity contribution in [1.29, 1.82) is 0 Å². The van der Waals surface area contributed by atoms with E-state index in [2.05, 4.69) is 14.6 Å². The first-order valence-corrected chi connectivity index (χ1v) is 12.7. The fraction of sp³-hybridized carbons (Fsp3) is 0.562. The molecule has 0 bridgehead atoms. The van der Waals surface area contributed by atoms with Crippen LogP contribution in [-0.2, 0) is 30.0 Å². The summed E-state index contributed by atoms with van der Waals surface area (Å²) < 4.78 is 66.7. The van der Waals surface area contributed by atoms with Crippen LogP contribution in [0.4, 0.5) is 0 Å². The second-order valence-electron chi connectivity index (χ2n) is 6.49. The number of rotatable bonds is 9. The van der Waals surface area contributed by atoms with Gasteiger partial charge in [-0.15, -0.1) is 4.91 Å². The summed E-state index contributed by atoms with van der Waals surface area (Å²) in [6.07, 6.45) is 1.34. The Morgan fingerprint density at radius 3 is 2.26 bits per heavy atom. The Balaban J connectivity index is 0.000000861. The lowest BCUT2D eigenvalue weighted by Gasteiger charge is -2.36. The number of sulfonamides is 1. The molecule has 0 aliphatic carbocycles. The van der Waals surface area contributed by atoms with Crippen LogP contribution in [0.2, 0.25) is 0 Å². The molecule has 1 saturated heterocycles. The molecule has 0 spiro atoms. The fourth-order valence-corrected chi connectivity index (χ4v) is 4.93. The number of carbonyl (C=O) groups is 1. The van der Waals surface area contributed by atoms with Gasteiger partial charge in [0.1, 0.15) is 6.04 Å². The van der Waals surface area contributed by atoms with Gasteiger partial charge in [-0.05, 0) is 51.4 Å². The molecule has 1 atom stereocenters. The van der Waals surface area contributed by atoms with Gasteiger partial charge in [-0.25, -0.2) is 8.42 Å². The van der Waals surface area contributed by atoms with Crippen molar-refractivity contribution in [2.75, 3.05) is 19.7 Å². The number of nitrogens with zero attached hydrogens (tertiary/aromatic N) is 1. The van der Waals surface area contributed by atoms with Crippen LogP contribution < -0.4 is 10.0 Å². The predicted octanol–water partition coefficient (Wildman–Crippen LogP) is 1.17. The van der Waals surface area contributed by atoms with Crippen LogP contribution in [-0.4, -0.2) is 62.4 Å². The van der Waals surface area contributed by atoms with E-state index >= 15 is 0 Å². The Morgan fingerprint density at radius 2 is 1.77 bits per heavy atom. The van der Waals surface area contributed by atoms with E-state index in [1.54, 1.807) is 25.1 Å². The van der Waals surface area contributed by atoms with Crippen LogP contribution in [0, 0.1) is 4.91 Å². The highest BCUT2D eigenvalue weighted by Gasteiger charge is 2.40. The molecular formula is C16H25N3O9S3. The fourth-order valence-electron chi connectivity index (χ4n) is 2.94. The maximum Gasteiger partial charge on any atom is 0.394 e. The first-order valence-electron chi connectivity index (χ1n) is 9.08. The van der Waals surface area contributed by atoms with E-state index in [4.69, 9.17) is 22.3 Å². The zero-order valence-electron chi connectivity index (χ0n) is 16.6. The van der Waals surface area contributed by atoms with E-state index < -0.39 is 37.2 Å². The van der Waals surface area contributed by atoms with Gasteiger partial charge in [-0.2, -0.15) is 13.1 Å². The molecule has 1 aliphatic rings. The highest BCUT2D eigenvalue weighted by atomic mass is 32.3. The van der Waals surface area contributed by atoms with E-state index in [-0.39, 0.29) is 17.9 Å². The zero-order valence-corrected chi connectivity index (χ0v) is 19.1. The summed E-state index contributed by atoms with van der Waals surface area (Å²) in [6.45, 7) is 3.13. The number of nitrogens with one attached hydrogen (secondary N) is 2. The van der Waals surface area contributed by atoms with Crippen LogP contribution in [0.15, 0.2) is 39.8 Å². The molecule has 15 heteroatoms. The molecular weight excluding hydrogens is 474 g/mol. The number of hydrogen-bond donors (Lipinski definition) is 4. The summed E-state index contributed by atoms with van der Waals surface area (Å²) in [5.41, 5.74) is 0. The average Bonchev–Trinajstić information content (AvgIpc) is 2.68. The summed E-state index contributed by atoms with van der Waals surface area (Å²) in [6, 6.07) is 6.73. The molecule has 176 valence electrons. The van der Waals surface area contributed by atoms with Crippen molar-refractivity contribution in [3.8, 4) is 0 Å². The number of ether oxygens (including phenoxy) is 1. The summed E-state index contributed by atoms with van der Waals surface area (Å²) in [7, 11) is -8.57. The Kier molecular flexibility index (Phi) is 11.0. The van der Waals surface area contributed by atoms with Gasteiger partial charge in [0.25, 0.3) is 0 Å². The van der Waals surface area contributed by atoms with Gasteiger partial charge in [0.2, 0.25) is 10.0 Å². The van der Waals surface area contributed by atoms with Crippen molar-refractivity contribution in [1.82, 2.24) is 10.0 Å². The molecule has 0 amide bonds. The molecule has 1 heterocycles. The third-order valence-corrected chi connectivity index (χ3v) is 6.77. The maximum absolute atomic E-state index is 12.6. The van der Waals surface area contributed by atoms with Gasteiger partial charge in [-0.1, -0.05) is 18.2 Å². The molecule has 2 rings (SSSR count). The predicted molar refractivity (Wildman–Crippen MR) is 114 cm³/mol. The summed E-state index contributed by atoms with van der Waals surface area (Å²) in [4.78, 5) is 23.4. The molecule has 4 N–H and O–H groups in total. The first kappa shape index (κ1) is 27.4. The Morgan fingerprint density at radius 1 is 1.23 bits per heavy atom. The van der Waals surface area contributed by atoms with Crippen LogP contribution in [0.1, 0.15) is 26.2 Å². The SMILES string of the molecule is CCOC(=O)C(CC1(SN=O)CCNCC1)NS(=O)(=O)c1ccccc1.O=S(=O)(O)O. The molecule has 1 unspecified atom stereocenters. The Bertz CT molecular complexity index is 910. The molecule has 31 heavy (non-hydrogen) atoms. The van der Waals surface area contributed by atoms with Crippen LogP contribution in [0.5, 0.6) is 0 Å². The van der Waals surface area contributed by atoms with Crippen molar-refractivity contribution in [3.63, 3.8) is 0 Å². The molecule has 0 aromatic heterocycles. The van der Waals surface area contributed by atoms with E-state index in [1.165, 1.54) is 12.1 Å². The smallest absolute Gasteiger partial charge is 0.394 e. The number of piperidine rings is 1. The third kappa shape index (κ3) is 10.5. The molecule has 0 saturated carbocycles. The summed E-state index contributed by atoms with van der Waals surface area (Å²) in [5.74, 6) is -0.656. The average molecular weight is 500 g/mol. The lowest BCUT2D eigenvalue weighted by atomic mass is 9.90. The maximum atomic E-state index is 12.6. The van der Waals surface area contributed by atoms with Crippen molar-refractivity contribution in [2.24, 2.45) is 4.58 Å². The van der Waals surface area contributed by atoms with Crippen molar-refractivity contribution in [2.45, 2.75) is 41.9 Å². The summed E-state index contributed by atoms with van der Waals surface area (Å²) in [5, 5.41) is 3.19. The van der Waals surface area contributed by atoms with E-state index in [0.717, 1.165) is 11.9 Å². The van der Waals surface area contributed by atoms with Crippen LogP contribution in [0.3, 0.4) is 0 Å². The number of nitroso groups, excluding NO2 is 1. The zero-order chi connectivity index (χ0) is 23.5. The number of hydrogen-bond acceptors (Lipinski definition) is 10. The monoisotopic (exact) mass is 499 g/mol. The topological polar surface area (TPSA) is 189 Å². The van der Waals surface area contributed by atoms with Gasteiger partial charge >= 0.3 is 16.4 Å². The lowest BCUT2D eigenvalue weighted by Crippen LogP contribution is -2.49. The molecule has 12 nitrogen and oxygen atoms in total. The summed E-state index contributed by atoms with van der Waals surface area (Å²) >= 11 is 0.872. The Hall–Kier alpha value is -1.62. The second-order valence-corrected chi connectivity index (χ2v) is 10.3. The number of carbonyl (C=O) groups excluding carboxylic acids is 1. The normalized spacial score (nSPS) is 17.0. The van der Waals surface area contributed by atoms with Gasteiger partial charge in [0.15, 0.2) is 0 Å². The van der Waals surface area contributed by atoms with Crippen LogP contribution in [0.25, 0.3) is 0 Å².